The highest BCUT2D eigenvalue weighted by molar-refractivity contribution is 6.39. The van der Waals surface area contributed by atoms with Gasteiger partial charge in [-0.3, -0.25) is 9.59 Å². The Hall–Kier alpha value is -1.84. The summed E-state index contributed by atoms with van der Waals surface area (Å²) >= 11 is 0. The van der Waals surface area contributed by atoms with Crippen LogP contribution < -0.4 is 10.6 Å². The van der Waals surface area contributed by atoms with Crippen molar-refractivity contribution in [2.75, 3.05) is 5.32 Å². The average Bonchev–Trinajstić information content (AvgIpc) is 2.46. The zero-order valence-corrected chi connectivity index (χ0v) is 13.0. The van der Waals surface area contributed by atoms with Crippen molar-refractivity contribution in [3.63, 3.8) is 0 Å². The summed E-state index contributed by atoms with van der Waals surface area (Å²) in [4.78, 5) is 24.1. The molecule has 2 unspecified atom stereocenters. The molecule has 2 amide bonds. The van der Waals surface area contributed by atoms with Crippen LogP contribution in [0.25, 0.3) is 0 Å². The molecule has 4 heteroatoms. The number of benzene rings is 1. The van der Waals surface area contributed by atoms with Gasteiger partial charge in [0.25, 0.3) is 0 Å². The first-order valence-electron chi connectivity index (χ1n) is 7.67. The topological polar surface area (TPSA) is 58.2 Å². The van der Waals surface area contributed by atoms with Gasteiger partial charge in [0.2, 0.25) is 0 Å². The minimum absolute atomic E-state index is 0.121. The van der Waals surface area contributed by atoms with Crippen molar-refractivity contribution < 1.29 is 9.59 Å². The first-order chi connectivity index (χ1) is 9.99. The molecule has 2 N–H and O–H groups in total. The second-order valence-electron chi connectivity index (χ2n) is 6.04. The van der Waals surface area contributed by atoms with E-state index in [1.807, 2.05) is 32.0 Å². The number of aryl methyl sites for hydroxylation is 1. The lowest BCUT2D eigenvalue weighted by molar-refractivity contribution is -0.137. The van der Waals surface area contributed by atoms with Crippen LogP contribution in [-0.4, -0.2) is 17.9 Å². The predicted octanol–water partition coefficient (Wildman–Crippen LogP) is 2.94. The van der Waals surface area contributed by atoms with Gasteiger partial charge >= 0.3 is 11.8 Å². The van der Waals surface area contributed by atoms with Crippen LogP contribution in [0.15, 0.2) is 18.2 Å². The van der Waals surface area contributed by atoms with Crippen LogP contribution in [0.5, 0.6) is 0 Å². The minimum Gasteiger partial charge on any atom is -0.345 e. The molecule has 1 aromatic carbocycles. The fraction of sp³-hybridized carbons (Fsp3) is 0.529. The van der Waals surface area contributed by atoms with Gasteiger partial charge in [0, 0.05) is 11.7 Å². The van der Waals surface area contributed by atoms with E-state index < -0.39 is 11.8 Å². The lowest BCUT2D eigenvalue weighted by Crippen LogP contribution is -2.45. The molecular formula is C17H24N2O2. The van der Waals surface area contributed by atoms with Crippen molar-refractivity contribution in [1.29, 1.82) is 0 Å². The van der Waals surface area contributed by atoms with E-state index in [9.17, 15) is 9.59 Å². The highest BCUT2D eigenvalue weighted by atomic mass is 16.2. The predicted molar refractivity (Wildman–Crippen MR) is 84.1 cm³/mol. The van der Waals surface area contributed by atoms with Gasteiger partial charge in [-0.15, -0.1) is 0 Å². The Morgan fingerprint density at radius 2 is 1.81 bits per heavy atom. The van der Waals surface area contributed by atoms with Crippen LogP contribution in [0.1, 0.15) is 43.7 Å². The molecule has 0 saturated heterocycles. The smallest absolute Gasteiger partial charge is 0.313 e. The van der Waals surface area contributed by atoms with E-state index in [4.69, 9.17) is 0 Å². The van der Waals surface area contributed by atoms with Crippen LogP contribution >= 0.6 is 0 Å². The summed E-state index contributed by atoms with van der Waals surface area (Å²) < 4.78 is 0. The molecule has 21 heavy (non-hydrogen) atoms. The maximum Gasteiger partial charge on any atom is 0.313 e. The largest absolute Gasteiger partial charge is 0.345 e. The summed E-state index contributed by atoms with van der Waals surface area (Å²) in [7, 11) is 0. The average molecular weight is 288 g/mol. The van der Waals surface area contributed by atoms with Crippen molar-refractivity contribution >= 4 is 17.5 Å². The maximum atomic E-state index is 12.0. The molecule has 0 heterocycles. The Labute approximate surface area is 126 Å². The van der Waals surface area contributed by atoms with Gasteiger partial charge in [-0.05, 0) is 49.8 Å². The normalized spacial score (nSPS) is 21.7. The maximum absolute atomic E-state index is 12.0. The molecule has 1 saturated carbocycles. The summed E-state index contributed by atoms with van der Waals surface area (Å²) in [6, 6.07) is 5.79. The number of hydrogen-bond donors (Lipinski definition) is 2. The molecule has 2 atom stereocenters. The lowest BCUT2D eigenvalue weighted by Gasteiger charge is -2.29. The molecule has 0 aromatic heterocycles. The Kier molecular flexibility index (Phi) is 4.99. The van der Waals surface area contributed by atoms with Crippen molar-refractivity contribution in [3.05, 3.63) is 29.3 Å². The molecule has 0 radical (unpaired) electrons. The number of carbonyl (C=O) groups is 2. The number of nitrogens with one attached hydrogen (secondary N) is 2. The van der Waals surface area contributed by atoms with Crippen LogP contribution in [0.4, 0.5) is 5.69 Å². The first-order valence-corrected chi connectivity index (χ1v) is 7.67. The molecule has 4 nitrogen and oxygen atoms in total. The van der Waals surface area contributed by atoms with Gasteiger partial charge in [0.1, 0.15) is 0 Å². The van der Waals surface area contributed by atoms with Gasteiger partial charge in [0.05, 0.1) is 0 Å². The van der Waals surface area contributed by atoms with Gasteiger partial charge in [0.15, 0.2) is 0 Å². The number of hydrogen-bond acceptors (Lipinski definition) is 2. The van der Waals surface area contributed by atoms with E-state index in [0.29, 0.717) is 11.6 Å². The van der Waals surface area contributed by atoms with E-state index in [1.54, 1.807) is 0 Å². The first kappa shape index (κ1) is 15.5. The molecule has 1 aliphatic rings. The molecule has 2 rings (SSSR count). The summed E-state index contributed by atoms with van der Waals surface area (Å²) in [6.45, 7) is 6.05. The SMILES string of the molecule is Cc1cccc(NC(=O)C(=O)NC2CCCCC2C)c1C. The van der Waals surface area contributed by atoms with Crippen LogP contribution in [-0.2, 0) is 9.59 Å². The highest BCUT2D eigenvalue weighted by Gasteiger charge is 2.25. The van der Waals surface area contributed by atoms with E-state index in [2.05, 4.69) is 17.6 Å². The Bertz CT molecular complexity index is 540. The molecule has 0 aliphatic heterocycles. The molecular weight excluding hydrogens is 264 g/mol. The monoisotopic (exact) mass is 288 g/mol. The van der Waals surface area contributed by atoms with Crippen molar-refractivity contribution in [2.45, 2.75) is 52.5 Å². The van der Waals surface area contributed by atoms with Crippen LogP contribution in [0, 0.1) is 19.8 Å². The molecule has 114 valence electrons. The molecule has 1 aromatic rings. The number of carbonyl (C=O) groups excluding carboxylic acids is 2. The van der Waals surface area contributed by atoms with Crippen molar-refractivity contribution in [2.24, 2.45) is 5.92 Å². The molecule has 1 aliphatic carbocycles. The van der Waals surface area contributed by atoms with Gasteiger partial charge in [-0.25, -0.2) is 0 Å². The zero-order valence-electron chi connectivity index (χ0n) is 13.0. The molecule has 0 bridgehead atoms. The third-order valence-corrected chi connectivity index (χ3v) is 4.49. The van der Waals surface area contributed by atoms with Gasteiger partial charge in [-0.1, -0.05) is 31.9 Å². The second kappa shape index (κ2) is 6.74. The van der Waals surface area contributed by atoms with Gasteiger partial charge in [-0.2, -0.15) is 0 Å². The Morgan fingerprint density at radius 3 is 2.52 bits per heavy atom. The van der Waals surface area contributed by atoms with E-state index in [-0.39, 0.29) is 6.04 Å². The summed E-state index contributed by atoms with van der Waals surface area (Å²) in [6.07, 6.45) is 4.41. The van der Waals surface area contributed by atoms with Crippen molar-refractivity contribution in [3.8, 4) is 0 Å². The lowest BCUT2D eigenvalue weighted by atomic mass is 9.86. The fourth-order valence-electron chi connectivity index (χ4n) is 2.83. The Morgan fingerprint density at radius 1 is 1.10 bits per heavy atom. The third kappa shape index (κ3) is 3.84. The van der Waals surface area contributed by atoms with Crippen LogP contribution in [0.2, 0.25) is 0 Å². The third-order valence-electron chi connectivity index (χ3n) is 4.49. The van der Waals surface area contributed by atoms with Gasteiger partial charge < -0.3 is 10.6 Å². The summed E-state index contributed by atoms with van der Waals surface area (Å²) in [5.41, 5.74) is 2.78. The second-order valence-corrected chi connectivity index (χ2v) is 6.04. The van der Waals surface area contributed by atoms with Crippen molar-refractivity contribution in [1.82, 2.24) is 5.32 Å². The number of amides is 2. The van der Waals surface area contributed by atoms with E-state index in [1.165, 1.54) is 6.42 Å². The number of rotatable bonds is 2. The van der Waals surface area contributed by atoms with Crippen LogP contribution in [0.3, 0.4) is 0 Å². The fourth-order valence-corrected chi connectivity index (χ4v) is 2.83. The standard InChI is InChI=1S/C17H24N2O2/c1-11-8-6-10-15(13(11)3)19-17(21)16(20)18-14-9-5-4-7-12(14)2/h6,8,10,12,14H,4-5,7,9H2,1-3H3,(H,18,20)(H,19,21). The highest BCUT2D eigenvalue weighted by Crippen LogP contribution is 2.23. The Balaban J connectivity index is 1.96. The zero-order chi connectivity index (χ0) is 15.4. The van der Waals surface area contributed by atoms with E-state index in [0.717, 1.165) is 30.4 Å². The minimum atomic E-state index is -0.582. The molecule has 1 fully saturated rings. The summed E-state index contributed by atoms with van der Waals surface area (Å²) in [5.74, 6) is -0.674. The van der Waals surface area contributed by atoms with E-state index >= 15 is 0 Å². The number of anilines is 1. The molecule has 0 spiro atoms. The summed E-state index contributed by atoms with van der Waals surface area (Å²) in [5, 5.41) is 5.58. The quantitative estimate of drug-likeness (QED) is 0.822.